The van der Waals surface area contributed by atoms with Gasteiger partial charge in [0, 0.05) is 18.0 Å². The first kappa shape index (κ1) is 10.9. The van der Waals surface area contributed by atoms with Crippen LogP contribution in [0.3, 0.4) is 0 Å². The second-order valence-corrected chi connectivity index (χ2v) is 3.48. The van der Waals surface area contributed by atoms with E-state index < -0.39 is 0 Å². The predicted octanol–water partition coefficient (Wildman–Crippen LogP) is 1.34. The summed E-state index contributed by atoms with van der Waals surface area (Å²) in [4.78, 5) is 0. The summed E-state index contributed by atoms with van der Waals surface area (Å²) in [7, 11) is 0. The average Bonchev–Trinajstić information content (AvgIpc) is 2.14. The molecule has 0 radical (unpaired) electrons. The van der Waals surface area contributed by atoms with E-state index >= 15 is 0 Å². The molecule has 14 heavy (non-hydrogen) atoms. The molecule has 0 aliphatic heterocycles. The Morgan fingerprint density at radius 2 is 1.71 bits per heavy atom. The zero-order chi connectivity index (χ0) is 10.6. The summed E-state index contributed by atoms with van der Waals surface area (Å²) in [6, 6.07) is 3.75. The molecule has 3 nitrogen and oxygen atoms in total. The number of aliphatic hydroxyl groups is 1. The van der Waals surface area contributed by atoms with Gasteiger partial charge in [-0.25, -0.2) is 0 Å². The molecule has 3 heteroatoms. The monoisotopic (exact) mass is 194 g/mol. The van der Waals surface area contributed by atoms with Crippen LogP contribution >= 0.6 is 0 Å². The smallest absolute Gasteiger partial charge is 0.0472 e. The van der Waals surface area contributed by atoms with Crippen molar-refractivity contribution in [2.24, 2.45) is 0 Å². The molecule has 0 saturated carbocycles. The van der Waals surface area contributed by atoms with E-state index in [0.717, 1.165) is 35.3 Å². The lowest BCUT2D eigenvalue weighted by molar-refractivity contribution is 0.300. The number of nitrogens with two attached hydrogens (primary N) is 2. The van der Waals surface area contributed by atoms with Gasteiger partial charge in [-0.05, 0) is 36.1 Å². The molecule has 78 valence electrons. The van der Waals surface area contributed by atoms with Crippen LogP contribution in [-0.2, 0) is 12.8 Å². The van der Waals surface area contributed by atoms with Gasteiger partial charge in [-0.2, -0.15) is 0 Å². The van der Waals surface area contributed by atoms with Crippen LogP contribution in [0.1, 0.15) is 24.5 Å². The van der Waals surface area contributed by atoms with Crippen molar-refractivity contribution < 1.29 is 5.11 Å². The molecular weight excluding hydrogens is 176 g/mol. The first-order chi connectivity index (χ1) is 6.69. The minimum atomic E-state index is 0.110. The fourth-order valence-corrected chi connectivity index (χ4v) is 1.61. The largest absolute Gasteiger partial charge is 0.399 e. The first-order valence-electron chi connectivity index (χ1n) is 4.96. The molecular formula is C11H18N2O. The Balaban J connectivity index is 3.04. The number of aryl methyl sites for hydroxylation is 1. The van der Waals surface area contributed by atoms with E-state index in [1.54, 1.807) is 0 Å². The highest BCUT2D eigenvalue weighted by Gasteiger charge is 2.05. The molecule has 1 aromatic rings. The van der Waals surface area contributed by atoms with Crippen LogP contribution in [0.2, 0.25) is 0 Å². The second kappa shape index (κ2) is 4.86. The van der Waals surface area contributed by atoms with Crippen LogP contribution in [0.25, 0.3) is 0 Å². The van der Waals surface area contributed by atoms with Gasteiger partial charge in [0.25, 0.3) is 0 Å². The van der Waals surface area contributed by atoms with E-state index in [4.69, 9.17) is 16.6 Å². The van der Waals surface area contributed by atoms with Gasteiger partial charge in [0.15, 0.2) is 0 Å². The Morgan fingerprint density at radius 1 is 1.14 bits per heavy atom. The van der Waals surface area contributed by atoms with Crippen molar-refractivity contribution in [3.63, 3.8) is 0 Å². The predicted molar refractivity (Wildman–Crippen MR) is 60.1 cm³/mol. The fourth-order valence-electron chi connectivity index (χ4n) is 1.61. The maximum Gasteiger partial charge on any atom is 0.0472 e. The minimum Gasteiger partial charge on any atom is -0.399 e. The molecule has 0 heterocycles. The summed E-state index contributed by atoms with van der Waals surface area (Å²) in [5.41, 5.74) is 15.3. The minimum absolute atomic E-state index is 0.110. The Kier molecular flexibility index (Phi) is 3.77. The summed E-state index contributed by atoms with van der Waals surface area (Å²) < 4.78 is 0. The maximum atomic E-state index is 8.86. The lowest BCUT2D eigenvalue weighted by atomic mass is 10.0. The van der Waals surface area contributed by atoms with Gasteiger partial charge >= 0.3 is 0 Å². The molecule has 0 bridgehead atoms. The quantitative estimate of drug-likeness (QED) is 0.633. The molecule has 5 N–H and O–H groups in total. The number of rotatable bonds is 4. The van der Waals surface area contributed by atoms with E-state index in [-0.39, 0.29) is 6.61 Å². The summed E-state index contributed by atoms with van der Waals surface area (Å²) in [5, 5.41) is 8.86. The third-order valence-corrected chi connectivity index (χ3v) is 2.27. The third kappa shape index (κ3) is 2.39. The molecule has 0 aliphatic rings. The van der Waals surface area contributed by atoms with E-state index in [1.165, 1.54) is 0 Å². The van der Waals surface area contributed by atoms with Crippen molar-refractivity contribution in [1.29, 1.82) is 0 Å². The molecule has 0 atom stereocenters. The normalized spacial score (nSPS) is 10.4. The number of aliphatic hydroxyl groups excluding tert-OH is 1. The Morgan fingerprint density at radius 3 is 2.21 bits per heavy atom. The molecule has 0 unspecified atom stereocenters. The number of nitrogen functional groups attached to an aromatic ring is 2. The van der Waals surface area contributed by atoms with Gasteiger partial charge in [-0.3, -0.25) is 0 Å². The lowest BCUT2D eigenvalue weighted by Crippen LogP contribution is -2.04. The van der Waals surface area contributed by atoms with Crippen molar-refractivity contribution in [2.75, 3.05) is 18.1 Å². The highest BCUT2D eigenvalue weighted by Crippen LogP contribution is 2.23. The van der Waals surface area contributed by atoms with Crippen LogP contribution in [0.5, 0.6) is 0 Å². The van der Waals surface area contributed by atoms with Crippen LogP contribution in [-0.4, -0.2) is 11.7 Å². The van der Waals surface area contributed by atoms with Crippen molar-refractivity contribution in [3.8, 4) is 0 Å². The SMILES string of the molecule is CCCc1cc(N)cc(CCO)c1N. The van der Waals surface area contributed by atoms with E-state index in [0.29, 0.717) is 6.42 Å². The van der Waals surface area contributed by atoms with Gasteiger partial charge in [0.2, 0.25) is 0 Å². The molecule has 1 aromatic carbocycles. The van der Waals surface area contributed by atoms with Gasteiger partial charge in [0.1, 0.15) is 0 Å². The first-order valence-corrected chi connectivity index (χ1v) is 4.96. The van der Waals surface area contributed by atoms with E-state index in [2.05, 4.69) is 6.92 Å². The summed E-state index contributed by atoms with van der Waals surface area (Å²) in [6.45, 7) is 2.22. The van der Waals surface area contributed by atoms with Crippen LogP contribution in [0.15, 0.2) is 12.1 Å². The van der Waals surface area contributed by atoms with Crippen LogP contribution in [0.4, 0.5) is 11.4 Å². The summed E-state index contributed by atoms with van der Waals surface area (Å²) in [5.74, 6) is 0. The maximum absolute atomic E-state index is 8.86. The van der Waals surface area contributed by atoms with E-state index in [9.17, 15) is 0 Å². The second-order valence-electron chi connectivity index (χ2n) is 3.48. The van der Waals surface area contributed by atoms with Crippen molar-refractivity contribution in [1.82, 2.24) is 0 Å². The van der Waals surface area contributed by atoms with E-state index in [1.807, 2.05) is 12.1 Å². The third-order valence-electron chi connectivity index (χ3n) is 2.27. The Hall–Kier alpha value is -1.22. The molecule has 0 fully saturated rings. The molecule has 0 aliphatic carbocycles. The number of hydrogen-bond donors (Lipinski definition) is 3. The van der Waals surface area contributed by atoms with Crippen molar-refractivity contribution in [3.05, 3.63) is 23.3 Å². The van der Waals surface area contributed by atoms with Gasteiger partial charge < -0.3 is 16.6 Å². The average molecular weight is 194 g/mol. The molecule has 0 spiro atoms. The van der Waals surface area contributed by atoms with Gasteiger partial charge in [0.05, 0.1) is 0 Å². The summed E-state index contributed by atoms with van der Waals surface area (Å²) >= 11 is 0. The number of anilines is 2. The number of benzene rings is 1. The van der Waals surface area contributed by atoms with Gasteiger partial charge in [-0.1, -0.05) is 13.3 Å². The lowest BCUT2D eigenvalue weighted by Gasteiger charge is -2.11. The zero-order valence-corrected chi connectivity index (χ0v) is 8.59. The van der Waals surface area contributed by atoms with Gasteiger partial charge in [-0.15, -0.1) is 0 Å². The highest BCUT2D eigenvalue weighted by atomic mass is 16.2. The highest BCUT2D eigenvalue weighted by molar-refractivity contribution is 5.61. The fraction of sp³-hybridized carbons (Fsp3) is 0.455. The Bertz CT molecular complexity index is 283. The van der Waals surface area contributed by atoms with Crippen molar-refractivity contribution >= 4 is 11.4 Å². The van der Waals surface area contributed by atoms with Crippen LogP contribution < -0.4 is 11.5 Å². The van der Waals surface area contributed by atoms with Crippen LogP contribution in [0, 0.1) is 0 Å². The molecule has 0 saturated heterocycles. The Labute approximate surface area is 84.7 Å². The molecule has 1 rings (SSSR count). The molecule has 0 amide bonds. The number of hydrogen-bond acceptors (Lipinski definition) is 3. The standard InChI is InChI=1S/C11H18N2O/c1-2-3-8-6-10(12)7-9(4-5-14)11(8)13/h6-7,14H,2-5,12-13H2,1H3. The zero-order valence-electron chi connectivity index (χ0n) is 8.59. The summed E-state index contributed by atoms with van der Waals surface area (Å²) in [6.07, 6.45) is 2.56. The topological polar surface area (TPSA) is 72.3 Å². The molecule has 0 aromatic heterocycles. The van der Waals surface area contributed by atoms with Crippen molar-refractivity contribution in [2.45, 2.75) is 26.2 Å².